The Bertz CT molecular complexity index is 1070. The topological polar surface area (TPSA) is 74.0 Å². The van der Waals surface area contributed by atoms with Gasteiger partial charge in [-0.05, 0) is 24.8 Å². The van der Waals surface area contributed by atoms with Crippen molar-refractivity contribution >= 4 is 23.6 Å². The highest BCUT2D eigenvalue weighted by atomic mass is 19.4. The van der Waals surface area contributed by atoms with Gasteiger partial charge in [-0.15, -0.1) is 0 Å². The highest BCUT2D eigenvalue weighted by Crippen LogP contribution is 2.42. The lowest BCUT2D eigenvalue weighted by Crippen LogP contribution is -2.51. The summed E-state index contributed by atoms with van der Waals surface area (Å²) in [5.74, 6) is 0.0441. The van der Waals surface area contributed by atoms with Crippen LogP contribution in [-0.4, -0.2) is 62.2 Å². The van der Waals surface area contributed by atoms with Crippen molar-refractivity contribution in [2.45, 2.75) is 37.5 Å². The highest BCUT2D eigenvalue weighted by molar-refractivity contribution is 5.86. The number of hydrogen-bond acceptors (Lipinski definition) is 5. The minimum Gasteiger partial charge on any atom is -0.388 e. The summed E-state index contributed by atoms with van der Waals surface area (Å²) in [7, 11) is 1.21. The zero-order valence-corrected chi connectivity index (χ0v) is 18.3. The Balaban J connectivity index is 1.35. The van der Waals surface area contributed by atoms with E-state index in [9.17, 15) is 23.1 Å². The van der Waals surface area contributed by atoms with Crippen molar-refractivity contribution < 1.29 is 23.1 Å². The summed E-state index contributed by atoms with van der Waals surface area (Å²) in [5, 5.41) is 15.1. The Labute approximate surface area is 189 Å². The maximum atomic E-state index is 13.3. The highest BCUT2D eigenvalue weighted by Gasteiger charge is 2.42. The maximum absolute atomic E-state index is 13.3. The molecule has 0 spiro atoms. The van der Waals surface area contributed by atoms with E-state index in [2.05, 4.69) is 16.7 Å². The number of carbonyl (C=O) groups excluding carboxylic acids is 1. The molecule has 2 aliphatic rings. The molecule has 1 fully saturated rings. The number of carbonyl (C=O) groups is 1. The Hall–Kier alpha value is -3.14. The van der Waals surface area contributed by atoms with Crippen molar-refractivity contribution in [3.05, 3.63) is 53.9 Å². The number of aliphatic hydroxyl groups is 1. The molecule has 0 unspecified atom stereocenters. The van der Waals surface area contributed by atoms with Crippen LogP contribution in [0, 0.1) is 0 Å². The molecule has 1 aromatic carbocycles. The van der Waals surface area contributed by atoms with Gasteiger partial charge in [0.25, 0.3) is 0 Å². The number of hydrogen-bond donors (Lipinski definition) is 1. The third-order valence-corrected chi connectivity index (χ3v) is 6.22. The van der Waals surface area contributed by atoms with Gasteiger partial charge in [-0.25, -0.2) is 4.99 Å². The van der Waals surface area contributed by atoms with Gasteiger partial charge < -0.3 is 14.9 Å². The maximum Gasteiger partial charge on any atom is 0.435 e. The summed E-state index contributed by atoms with van der Waals surface area (Å²) < 4.78 is 40.7. The van der Waals surface area contributed by atoms with Crippen LogP contribution in [0.2, 0.25) is 0 Å². The van der Waals surface area contributed by atoms with Gasteiger partial charge in [-0.3, -0.25) is 9.48 Å². The van der Waals surface area contributed by atoms with E-state index in [0.717, 1.165) is 10.2 Å². The number of alkyl halides is 3. The molecule has 10 heteroatoms. The summed E-state index contributed by atoms with van der Waals surface area (Å²) in [5.41, 5.74) is -0.924. The molecular formula is C23H26F3N5O2. The van der Waals surface area contributed by atoms with Gasteiger partial charge in [0, 0.05) is 26.6 Å². The smallest absolute Gasteiger partial charge is 0.388 e. The fraction of sp³-hybridized carbons (Fsp3) is 0.435. The number of piperidine rings is 1. The summed E-state index contributed by atoms with van der Waals surface area (Å²) in [6.07, 6.45) is -1.56. The Morgan fingerprint density at radius 3 is 2.52 bits per heavy atom. The van der Waals surface area contributed by atoms with Crippen LogP contribution in [0.4, 0.5) is 18.9 Å². The fourth-order valence-corrected chi connectivity index (χ4v) is 4.32. The molecule has 2 aliphatic heterocycles. The molecule has 0 radical (unpaired) electrons. The van der Waals surface area contributed by atoms with E-state index in [-0.39, 0.29) is 29.5 Å². The van der Waals surface area contributed by atoms with Crippen LogP contribution in [-0.2, 0) is 24.4 Å². The van der Waals surface area contributed by atoms with E-state index in [1.54, 1.807) is 4.90 Å². The predicted octanol–water partition coefficient (Wildman–Crippen LogP) is 3.37. The molecule has 4 rings (SSSR count). The molecule has 33 heavy (non-hydrogen) atoms. The van der Waals surface area contributed by atoms with Crippen molar-refractivity contribution in [1.82, 2.24) is 19.6 Å². The number of β-amino-alcohol motifs (C(OH)–C–C–N with tert-alkyl or cyclic N) is 1. The molecule has 1 saturated heterocycles. The third kappa shape index (κ3) is 4.80. The molecule has 0 saturated carbocycles. The summed E-state index contributed by atoms with van der Waals surface area (Å²) in [6.45, 7) is 4.81. The molecule has 2 aromatic rings. The molecule has 1 amide bonds. The molecule has 7 nitrogen and oxygen atoms in total. The molecule has 0 bridgehead atoms. The summed E-state index contributed by atoms with van der Waals surface area (Å²) >= 11 is 0. The van der Waals surface area contributed by atoms with E-state index in [1.807, 2.05) is 30.3 Å². The van der Waals surface area contributed by atoms with Crippen molar-refractivity contribution in [3.8, 4) is 0 Å². The van der Waals surface area contributed by atoms with Crippen molar-refractivity contribution in [1.29, 1.82) is 0 Å². The van der Waals surface area contributed by atoms with Crippen LogP contribution in [0.1, 0.15) is 36.2 Å². The lowest BCUT2D eigenvalue weighted by Gasteiger charge is -2.41. The summed E-state index contributed by atoms with van der Waals surface area (Å²) in [4.78, 5) is 19.8. The fourth-order valence-electron chi connectivity index (χ4n) is 4.32. The number of halogens is 3. The molecule has 1 N–H and O–H groups in total. The minimum atomic E-state index is -4.59. The van der Waals surface area contributed by atoms with Crippen LogP contribution in [0.5, 0.6) is 0 Å². The van der Waals surface area contributed by atoms with E-state index < -0.39 is 17.5 Å². The summed E-state index contributed by atoms with van der Waals surface area (Å²) in [6, 6.07) is 9.79. The Morgan fingerprint density at radius 1 is 1.21 bits per heavy atom. The number of benzene rings is 1. The van der Waals surface area contributed by atoms with Crippen LogP contribution in [0.25, 0.3) is 5.70 Å². The number of nitrogens with zero attached hydrogens (tertiary/aromatic N) is 5. The monoisotopic (exact) mass is 461 g/mol. The lowest BCUT2D eigenvalue weighted by molar-refractivity contribution is -0.143. The second kappa shape index (κ2) is 8.66. The number of aliphatic imine (C=N–C) groups is 1. The van der Waals surface area contributed by atoms with Gasteiger partial charge in [-0.2, -0.15) is 18.3 Å². The van der Waals surface area contributed by atoms with Crippen molar-refractivity contribution in [3.63, 3.8) is 0 Å². The Morgan fingerprint density at radius 2 is 1.88 bits per heavy atom. The number of aromatic nitrogens is 2. The number of likely N-dealkylation sites (tertiary alicyclic amines) is 1. The first-order valence-corrected chi connectivity index (χ1v) is 10.8. The number of amides is 1. The number of fused-ring (bicyclic) bond motifs is 1. The van der Waals surface area contributed by atoms with Crippen LogP contribution in [0.15, 0.2) is 41.9 Å². The van der Waals surface area contributed by atoms with Crippen molar-refractivity contribution in [2.75, 3.05) is 19.6 Å². The van der Waals surface area contributed by atoms with E-state index in [1.165, 1.54) is 18.3 Å². The zero-order valence-electron chi connectivity index (χ0n) is 18.3. The first-order valence-electron chi connectivity index (χ1n) is 10.8. The minimum absolute atomic E-state index is 0.0441. The number of rotatable bonds is 5. The zero-order chi connectivity index (χ0) is 23.8. The van der Waals surface area contributed by atoms with Crippen LogP contribution >= 0.6 is 0 Å². The molecule has 176 valence electrons. The van der Waals surface area contributed by atoms with Gasteiger partial charge in [0.05, 0.1) is 24.2 Å². The van der Waals surface area contributed by atoms with Gasteiger partial charge in [-0.1, -0.05) is 36.9 Å². The van der Waals surface area contributed by atoms with Crippen LogP contribution < -0.4 is 0 Å². The normalized spacial score (nSPS) is 17.9. The lowest BCUT2D eigenvalue weighted by atomic mass is 9.90. The molecule has 0 atom stereocenters. The second-order valence-electron chi connectivity index (χ2n) is 8.58. The van der Waals surface area contributed by atoms with E-state index >= 15 is 0 Å². The Kier molecular flexibility index (Phi) is 6.04. The molecule has 1 aromatic heterocycles. The first kappa shape index (κ1) is 23.0. The second-order valence-corrected chi connectivity index (χ2v) is 8.58. The van der Waals surface area contributed by atoms with Gasteiger partial charge in [0.15, 0.2) is 5.69 Å². The van der Waals surface area contributed by atoms with Crippen molar-refractivity contribution in [2.24, 2.45) is 12.0 Å². The predicted molar refractivity (Wildman–Crippen MR) is 118 cm³/mol. The van der Waals surface area contributed by atoms with Crippen LogP contribution in [0.3, 0.4) is 0 Å². The SMILES string of the molecule is C=C1c2nn(C)c(C(F)(F)F)c2N=CN1CC1(O)CCN(C(=O)CCc2ccccc2)CC1. The van der Waals surface area contributed by atoms with E-state index in [4.69, 9.17) is 0 Å². The third-order valence-electron chi connectivity index (χ3n) is 6.22. The average Bonchev–Trinajstić information content (AvgIpc) is 3.12. The van der Waals surface area contributed by atoms with Gasteiger partial charge >= 0.3 is 6.18 Å². The molecule has 3 heterocycles. The van der Waals surface area contributed by atoms with Gasteiger partial charge in [0.1, 0.15) is 11.4 Å². The first-order chi connectivity index (χ1) is 15.6. The molecular weight excluding hydrogens is 435 g/mol. The standard InChI is InChI=1S/C23H26F3N5O2/c1-16-19-20(21(23(24,25)26)29(2)28-19)27-15-31(16)14-22(33)10-12-30(13-11-22)18(32)9-8-17-6-4-3-5-7-17/h3-7,15,33H,1,8-14H2,2H3. The average molecular weight is 461 g/mol. The largest absolute Gasteiger partial charge is 0.435 e. The quantitative estimate of drug-likeness (QED) is 0.741. The molecule has 0 aliphatic carbocycles. The number of aryl methyl sites for hydroxylation is 2. The van der Waals surface area contributed by atoms with Gasteiger partial charge in [0.2, 0.25) is 5.91 Å². The van der Waals surface area contributed by atoms with E-state index in [0.29, 0.717) is 38.8 Å².